The third-order valence-corrected chi connectivity index (χ3v) is 4.59. The number of alkyl halides is 2. The molecule has 0 aliphatic carbocycles. The third kappa shape index (κ3) is 1.38. The maximum absolute atomic E-state index is 5.53. The van der Waals surface area contributed by atoms with E-state index in [4.69, 9.17) is 5.73 Å². The van der Waals surface area contributed by atoms with Crippen LogP contribution in [-0.2, 0) is 0 Å². The third-order valence-electron chi connectivity index (χ3n) is 1.92. The fourth-order valence-corrected chi connectivity index (χ4v) is 3.94. The Morgan fingerprint density at radius 1 is 1.78 bits per heavy atom. The van der Waals surface area contributed by atoms with Crippen LogP contribution in [0.15, 0.2) is 0 Å². The van der Waals surface area contributed by atoms with Gasteiger partial charge in [-0.05, 0) is 0 Å². The Bertz CT molecular complexity index is 97.1. The van der Waals surface area contributed by atoms with E-state index in [0.29, 0.717) is 21.2 Å². The topological polar surface area (TPSA) is 29.3 Å². The zero-order valence-electron chi connectivity index (χ0n) is 5.97. The Labute approximate surface area is 67.0 Å². The molecule has 1 rings (SSSR count). The predicted octanol–water partition coefficient (Wildman–Crippen LogP) is -2.96. The van der Waals surface area contributed by atoms with E-state index in [1.54, 1.807) is 0 Å². The van der Waals surface area contributed by atoms with Crippen LogP contribution in [0, 0.1) is 0 Å². The molecule has 1 saturated heterocycles. The summed E-state index contributed by atoms with van der Waals surface area (Å²) in [5, 5.41) is 0. The molecule has 2 nitrogen and oxygen atoms in total. The van der Waals surface area contributed by atoms with Crippen LogP contribution >= 0.6 is 0 Å². The Kier molecular flexibility index (Phi) is 2.73. The number of hydrogen-bond acceptors (Lipinski definition) is 2. The molecular weight excluding hydrogens is 227 g/mol. The van der Waals surface area contributed by atoms with Gasteiger partial charge in [-0.15, -0.1) is 0 Å². The van der Waals surface area contributed by atoms with Gasteiger partial charge >= 0.3 is 66.9 Å². The molecule has 1 aliphatic heterocycles. The molecule has 9 heavy (non-hydrogen) atoms. The summed E-state index contributed by atoms with van der Waals surface area (Å²) in [4.78, 5) is 4.73. The molecule has 0 saturated carbocycles. The molecular formula is C6H14IN2-. The van der Waals surface area contributed by atoms with E-state index in [9.17, 15) is 0 Å². The summed E-state index contributed by atoms with van der Waals surface area (Å²) in [5.41, 5.74) is 5.53. The van der Waals surface area contributed by atoms with Crippen molar-refractivity contribution in [3.05, 3.63) is 0 Å². The predicted molar refractivity (Wildman–Crippen MR) is 34.7 cm³/mol. The molecule has 1 heterocycles. The summed E-state index contributed by atoms with van der Waals surface area (Å²) in [6.07, 6.45) is 1.39. The van der Waals surface area contributed by atoms with E-state index >= 15 is 0 Å². The van der Waals surface area contributed by atoms with Crippen LogP contribution in [0.25, 0.3) is 0 Å². The van der Waals surface area contributed by atoms with E-state index < -0.39 is 0 Å². The Morgan fingerprint density at radius 3 is 2.67 bits per heavy atom. The summed E-state index contributed by atoms with van der Waals surface area (Å²) < 4.78 is 0.892. The molecule has 0 aromatic heterocycles. The number of halogens is 1. The van der Waals surface area contributed by atoms with Gasteiger partial charge < -0.3 is 0 Å². The molecule has 3 heteroatoms. The molecule has 1 fully saturated rings. The second-order valence-electron chi connectivity index (χ2n) is 2.43. The zero-order chi connectivity index (χ0) is 6.85. The monoisotopic (exact) mass is 241 g/mol. The molecule has 0 radical (unpaired) electrons. The summed E-state index contributed by atoms with van der Waals surface area (Å²) >= 11 is 0.404. The van der Waals surface area contributed by atoms with Crippen LogP contribution in [0.3, 0.4) is 0 Å². The van der Waals surface area contributed by atoms with Gasteiger partial charge in [0.2, 0.25) is 0 Å². The first-order valence-corrected chi connectivity index (χ1v) is 6.63. The van der Waals surface area contributed by atoms with E-state index in [1.165, 1.54) is 6.42 Å². The van der Waals surface area contributed by atoms with Crippen LogP contribution < -0.4 is 26.9 Å². The van der Waals surface area contributed by atoms with Crippen LogP contribution in [-0.4, -0.2) is 26.6 Å². The Morgan fingerprint density at radius 2 is 2.44 bits per heavy atom. The van der Waals surface area contributed by atoms with Crippen LogP contribution in [0.2, 0.25) is 0 Å². The normalized spacial score (nSPS) is 36.8. The Hall–Kier alpha value is 0.650. The van der Waals surface area contributed by atoms with Gasteiger partial charge in [-0.1, -0.05) is 0 Å². The van der Waals surface area contributed by atoms with Gasteiger partial charge in [0.25, 0.3) is 0 Å². The van der Waals surface area contributed by atoms with Crippen molar-refractivity contribution in [1.29, 1.82) is 0 Å². The van der Waals surface area contributed by atoms with E-state index in [0.717, 1.165) is 16.8 Å². The molecule has 0 aromatic rings. The van der Waals surface area contributed by atoms with Gasteiger partial charge in [0.05, 0.1) is 0 Å². The van der Waals surface area contributed by atoms with Crippen molar-refractivity contribution in [2.45, 2.75) is 23.4 Å². The van der Waals surface area contributed by atoms with Gasteiger partial charge in [-0.3, -0.25) is 0 Å². The van der Waals surface area contributed by atoms with E-state index in [-0.39, 0.29) is 0 Å². The fourth-order valence-electron chi connectivity index (χ4n) is 1.20. The number of rotatable bonds is 2. The summed E-state index contributed by atoms with van der Waals surface area (Å²) in [7, 11) is 0. The molecule has 0 aromatic carbocycles. The number of nitrogens with zero attached hydrogens (tertiary/aromatic N) is 1. The van der Waals surface area contributed by atoms with Crippen LogP contribution in [0.5, 0.6) is 0 Å². The minimum atomic E-state index is 0.404. The van der Waals surface area contributed by atoms with Crippen molar-refractivity contribution in [1.82, 2.24) is 4.90 Å². The summed E-state index contributed by atoms with van der Waals surface area (Å²) in [5.74, 6) is 0. The quantitative estimate of drug-likeness (QED) is 0.318. The first-order valence-electron chi connectivity index (χ1n) is 3.23. The summed E-state index contributed by atoms with van der Waals surface area (Å²) in [6.45, 7) is 3.02. The van der Waals surface area contributed by atoms with Crippen LogP contribution in [0.4, 0.5) is 0 Å². The second kappa shape index (κ2) is 3.16. The average Bonchev–Trinajstić information content (AvgIpc) is 1.83. The molecule has 0 bridgehead atoms. The molecule has 2 atom stereocenters. The first-order chi connectivity index (χ1) is 4.29. The first kappa shape index (κ1) is 7.75. The number of nitrogens with two attached hydrogens (primary N) is 1. The van der Waals surface area contributed by atoms with Crippen molar-refractivity contribution < 1.29 is 21.2 Å². The van der Waals surface area contributed by atoms with E-state index in [1.807, 2.05) is 0 Å². The SMILES string of the molecule is C[I-]C1CC(C)N1CN. The van der Waals surface area contributed by atoms with Crippen molar-refractivity contribution in [3.8, 4) is 0 Å². The molecule has 0 amide bonds. The fraction of sp³-hybridized carbons (Fsp3) is 1.00. The van der Waals surface area contributed by atoms with Crippen molar-refractivity contribution in [2.24, 2.45) is 5.73 Å². The van der Waals surface area contributed by atoms with Gasteiger partial charge in [-0.2, -0.15) is 0 Å². The number of likely N-dealkylation sites (tertiary alicyclic amines) is 1. The van der Waals surface area contributed by atoms with Crippen LogP contribution in [0.1, 0.15) is 13.3 Å². The molecule has 2 unspecified atom stereocenters. The molecule has 1 aliphatic rings. The molecule has 2 N–H and O–H groups in total. The minimum absolute atomic E-state index is 0.404. The van der Waals surface area contributed by atoms with E-state index in [2.05, 4.69) is 16.8 Å². The Balaban J connectivity index is 2.29. The van der Waals surface area contributed by atoms with Gasteiger partial charge in [0.1, 0.15) is 0 Å². The molecule has 0 spiro atoms. The summed E-state index contributed by atoms with van der Waals surface area (Å²) in [6, 6.07) is 0.764. The average molecular weight is 241 g/mol. The van der Waals surface area contributed by atoms with Crippen molar-refractivity contribution in [3.63, 3.8) is 0 Å². The standard InChI is InChI=1S/C6H14IN2/c1-5-3-6(7-2)9(5)4-8/h5-6H,3-4,8H2,1-2H3/q-1. The van der Waals surface area contributed by atoms with Crippen molar-refractivity contribution >= 4 is 0 Å². The zero-order valence-corrected chi connectivity index (χ0v) is 8.13. The van der Waals surface area contributed by atoms with Gasteiger partial charge in [-0.25, -0.2) is 0 Å². The maximum atomic E-state index is 5.53. The van der Waals surface area contributed by atoms with Gasteiger partial charge in [0.15, 0.2) is 0 Å². The number of hydrogen-bond donors (Lipinski definition) is 1. The second-order valence-corrected chi connectivity index (χ2v) is 5.12. The molecule has 56 valence electrons. The van der Waals surface area contributed by atoms with Crippen molar-refractivity contribution in [2.75, 3.05) is 11.6 Å². The van der Waals surface area contributed by atoms with Gasteiger partial charge in [0, 0.05) is 0 Å².